The molecule has 0 fully saturated rings. The Kier molecular flexibility index (Phi) is 3.98. The predicted molar refractivity (Wildman–Crippen MR) is 101 cm³/mol. The van der Waals surface area contributed by atoms with E-state index < -0.39 is 0 Å². The second-order valence-corrected chi connectivity index (χ2v) is 6.32. The van der Waals surface area contributed by atoms with Crippen LogP contribution < -0.4 is 5.32 Å². The van der Waals surface area contributed by atoms with E-state index in [1.807, 2.05) is 43.5 Å². The number of hydrogen-bond acceptors (Lipinski definition) is 2. The molecule has 0 aliphatic carbocycles. The summed E-state index contributed by atoms with van der Waals surface area (Å²) in [4.78, 5) is 23.0. The van der Waals surface area contributed by atoms with Gasteiger partial charge in [-0.1, -0.05) is 18.2 Å². The van der Waals surface area contributed by atoms with Gasteiger partial charge in [0.05, 0.1) is 11.0 Å². The standard InChI is InChI=1S/C20H20N4O/c1-13-22-18-10-9-15(11-19(18)23-13)24-20(25)8-4-5-14-12-21-17-7-3-2-6-16(14)17/h2-3,6-7,9-12,21H,4-5,8H2,1H3,(H,22,23)(H,24,25). The molecular formula is C20H20N4O. The molecule has 0 saturated carbocycles. The van der Waals surface area contributed by atoms with Crippen LogP contribution in [0.4, 0.5) is 5.69 Å². The van der Waals surface area contributed by atoms with E-state index >= 15 is 0 Å². The third-order valence-corrected chi connectivity index (χ3v) is 4.41. The van der Waals surface area contributed by atoms with Crippen molar-refractivity contribution in [2.24, 2.45) is 0 Å². The number of aromatic nitrogens is 3. The average molecular weight is 332 g/mol. The molecule has 3 N–H and O–H groups in total. The Bertz CT molecular complexity index is 1040. The Hall–Kier alpha value is -3.08. The normalized spacial score (nSPS) is 11.2. The van der Waals surface area contributed by atoms with Crippen LogP contribution in [-0.4, -0.2) is 20.9 Å². The maximum atomic E-state index is 12.2. The van der Waals surface area contributed by atoms with Gasteiger partial charge in [0.1, 0.15) is 5.82 Å². The average Bonchev–Trinajstić information content (AvgIpc) is 3.17. The Labute approximate surface area is 145 Å². The Balaban J connectivity index is 1.35. The van der Waals surface area contributed by atoms with Gasteiger partial charge in [-0.05, 0) is 49.6 Å². The van der Waals surface area contributed by atoms with E-state index in [-0.39, 0.29) is 5.91 Å². The molecule has 25 heavy (non-hydrogen) atoms. The molecule has 0 aliphatic heterocycles. The summed E-state index contributed by atoms with van der Waals surface area (Å²) < 4.78 is 0. The molecule has 0 bridgehead atoms. The van der Waals surface area contributed by atoms with Crippen molar-refractivity contribution in [3.05, 3.63) is 60.0 Å². The highest BCUT2D eigenvalue weighted by molar-refractivity contribution is 5.93. The largest absolute Gasteiger partial charge is 0.361 e. The number of imidazole rings is 1. The molecule has 0 spiro atoms. The summed E-state index contributed by atoms with van der Waals surface area (Å²) in [5.74, 6) is 0.910. The van der Waals surface area contributed by atoms with Gasteiger partial charge in [-0.25, -0.2) is 4.98 Å². The molecule has 126 valence electrons. The van der Waals surface area contributed by atoms with Crippen LogP contribution in [0.2, 0.25) is 0 Å². The lowest BCUT2D eigenvalue weighted by atomic mass is 10.1. The fourth-order valence-electron chi connectivity index (χ4n) is 3.22. The van der Waals surface area contributed by atoms with Gasteiger partial charge in [-0.15, -0.1) is 0 Å². The van der Waals surface area contributed by atoms with Crippen molar-refractivity contribution in [2.75, 3.05) is 5.32 Å². The summed E-state index contributed by atoms with van der Waals surface area (Å²) in [7, 11) is 0. The highest BCUT2D eigenvalue weighted by atomic mass is 16.1. The van der Waals surface area contributed by atoms with Crippen molar-refractivity contribution in [3.63, 3.8) is 0 Å². The third kappa shape index (κ3) is 3.26. The van der Waals surface area contributed by atoms with Crippen LogP contribution in [0.3, 0.4) is 0 Å². The van der Waals surface area contributed by atoms with Gasteiger partial charge in [0.2, 0.25) is 5.91 Å². The number of benzene rings is 2. The first kappa shape index (κ1) is 15.4. The fraction of sp³-hybridized carbons (Fsp3) is 0.200. The molecule has 5 nitrogen and oxygen atoms in total. The first-order valence-electron chi connectivity index (χ1n) is 8.50. The van der Waals surface area contributed by atoms with Gasteiger partial charge in [-0.2, -0.15) is 0 Å². The van der Waals surface area contributed by atoms with Crippen LogP contribution in [0.5, 0.6) is 0 Å². The van der Waals surface area contributed by atoms with Gasteiger partial charge in [0.15, 0.2) is 0 Å². The van der Waals surface area contributed by atoms with Crippen LogP contribution in [0, 0.1) is 6.92 Å². The predicted octanol–water partition coefficient (Wildman–Crippen LogP) is 4.31. The second kappa shape index (κ2) is 6.43. The number of nitrogens with one attached hydrogen (secondary N) is 3. The fourth-order valence-corrected chi connectivity index (χ4v) is 3.22. The Morgan fingerprint density at radius 1 is 1.16 bits per heavy atom. The van der Waals surface area contributed by atoms with Crippen molar-refractivity contribution >= 4 is 33.5 Å². The molecule has 0 atom stereocenters. The number of amides is 1. The number of rotatable bonds is 5. The van der Waals surface area contributed by atoms with Crippen LogP contribution >= 0.6 is 0 Å². The number of hydrogen-bond donors (Lipinski definition) is 3. The monoisotopic (exact) mass is 332 g/mol. The summed E-state index contributed by atoms with van der Waals surface area (Å²) in [5.41, 5.74) is 5.06. The van der Waals surface area contributed by atoms with Crippen molar-refractivity contribution in [2.45, 2.75) is 26.2 Å². The van der Waals surface area contributed by atoms with Crippen molar-refractivity contribution < 1.29 is 4.79 Å². The smallest absolute Gasteiger partial charge is 0.224 e. The topological polar surface area (TPSA) is 73.6 Å². The second-order valence-electron chi connectivity index (χ2n) is 6.32. The van der Waals surface area contributed by atoms with Crippen molar-refractivity contribution in [1.29, 1.82) is 0 Å². The molecule has 0 radical (unpaired) electrons. The Morgan fingerprint density at radius 2 is 2.04 bits per heavy atom. The summed E-state index contributed by atoms with van der Waals surface area (Å²) >= 11 is 0. The van der Waals surface area contributed by atoms with E-state index in [9.17, 15) is 4.79 Å². The lowest BCUT2D eigenvalue weighted by Gasteiger charge is -2.05. The number of H-pyrrole nitrogens is 2. The highest BCUT2D eigenvalue weighted by Gasteiger charge is 2.07. The van der Waals surface area contributed by atoms with E-state index in [0.717, 1.165) is 40.9 Å². The van der Waals surface area contributed by atoms with Crippen molar-refractivity contribution in [1.82, 2.24) is 15.0 Å². The number of fused-ring (bicyclic) bond motifs is 2. The minimum absolute atomic E-state index is 0.0374. The molecule has 5 heteroatoms. The summed E-state index contributed by atoms with van der Waals surface area (Å²) in [6.45, 7) is 1.92. The number of nitrogens with zero attached hydrogens (tertiary/aromatic N) is 1. The number of aromatic amines is 2. The number of carbonyl (C=O) groups is 1. The molecule has 4 rings (SSSR count). The Morgan fingerprint density at radius 3 is 2.96 bits per heavy atom. The van der Waals surface area contributed by atoms with Gasteiger partial charge in [0.25, 0.3) is 0 Å². The molecule has 2 aromatic heterocycles. The number of aryl methyl sites for hydroxylation is 2. The van der Waals surface area contributed by atoms with Crippen LogP contribution in [-0.2, 0) is 11.2 Å². The summed E-state index contributed by atoms with van der Waals surface area (Å²) in [6.07, 6.45) is 4.24. The van der Waals surface area contributed by atoms with Crippen LogP contribution in [0.1, 0.15) is 24.2 Å². The molecule has 1 amide bonds. The van der Waals surface area contributed by atoms with E-state index in [0.29, 0.717) is 6.42 Å². The van der Waals surface area contributed by atoms with Crippen LogP contribution in [0.25, 0.3) is 21.9 Å². The molecule has 0 unspecified atom stereocenters. The quantitative estimate of drug-likeness (QED) is 0.509. The van der Waals surface area contributed by atoms with E-state index in [1.54, 1.807) is 0 Å². The zero-order valence-corrected chi connectivity index (χ0v) is 14.1. The zero-order chi connectivity index (χ0) is 17.2. The van der Waals surface area contributed by atoms with Gasteiger partial charge >= 0.3 is 0 Å². The minimum Gasteiger partial charge on any atom is -0.361 e. The summed E-state index contributed by atoms with van der Waals surface area (Å²) in [5, 5.41) is 4.20. The summed E-state index contributed by atoms with van der Waals surface area (Å²) in [6, 6.07) is 14.0. The molecular weight excluding hydrogens is 312 g/mol. The maximum absolute atomic E-state index is 12.2. The minimum atomic E-state index is 0.0374. The van der Waals surface area contributed by atoms with Crippen LogP contribution in [0.15, 0.2) is 48.7 Å². The third-order valence-electron chi connectivity index (χ3n) is 4.41. The van der Waals surface area contributed by atoms with E-state index in [4.69, 9.17) is 0 Å². The first-order chi connectivity index (χ1) is 12.2. The number of para-hydroxylation sites is 1. The maximum Gasteiger partial charge on any atom is 0.224 e. The number of anilines is 1. The van der Waals surface area contributed by atoms with Gasteiger partial charge in [0, 0.05) is 29.2 Å². The molecule has 4 aromatic rings. The van der Waals surface area contributed by atoms with Gasteiger partial charge in [-0.3, -0.25) is 4.79 Å². The first-order valence-corrected chi connectivity index (χ1v) is 8.50. The molecule has 2 aromatic carbocycles. The lowest BCUT2D eigenvalue weighted by molar-refractivity contribution is -0.116. The highest BCUT2D eigenvalue weighted by Crippen LogP contribution is 2.20. The molecule has 0 aliphatic rings. The molecule has 2 heterocycles. The van der Waals surface area contributed by atoms with Crippen molar-refractivity contribution in [3.8, 4) is 0 Å². The zero-order valence-electron chi connectivity index (χ0n) is 14.1. The number of carbonyl (C=O) groups excluding carboxylic acids is 1. The van der Waals surface area contributed by atoms with E-state index in [2.05, 4.69) is 32.4 Å². The lowest BCUT2D eigenvalue weighted by Crippen LogP contribution is -2.11. The SMILES string of the molecule is Cc1nc2ccc(NC(=O)CCCc3c[nH]c4ccccc34)cc2[nH]1. The molecule has 0 saturated heterocycles. The van der Waals surface area contributed by atoms with Gasteiger partial charge < -0.3 is 15.3 Å². The van der Waals surface area contributed by atoms with E-state index in [1.165, 1.54) is 10.9 Å².